The van der Waals surface area contributed by atoms with Crippen molar-refractivity contribution in [1.82, 2.24) is 15.1 Å². The van der Waals surface area contributed by atoms with Crippen molar-refractivity contribution < 1.29 is 51.9 Å². The lowest BCUT2D eigenvalue weighted by molar-refractivity contribution is -0.182. The second-order valence-electron chi connectivity index (χ2n) is 14.9. The van der Waals surface area contributed by atoms with Crippen molar-refractivity contribution in [2.45, 2.75) is 69.2 Å². The van der Waals surface area contributed by atoms with Crippen molar-refractivity contribution in [3.05, 3.63) is 71.3 Å². The van der Waals surface area contributed by atoms with Crippen molar-refractivity contribution in [2.75, 3.05) is 87.7 Å². The number of carbonyl (C=O) groups excluding carboxylic acids is 2. The second-order valence-corrected chi connectivity index (χ2v) is 14.9. The molecule has 0 bridgehead atoms. The molecule has 316 valence electrons. The number of halogens is 1. The average Bonchev–Trinajstić information content (AvgIpc) is 3.25. The van der Waals surface area contributed by atoms with Gasteiger partial charge in [0.1, 0.15) is 18.5 Å². The number of amides is 1. The van der Waals surface area contributed by atoms with Crippen LogP contribution in [0, 0.1) is 0 Å². The predicted octanol–water partition coefficient (Wildman–Crippen LogP) is 5.87. The predicted molar refractivity (Wildman–Crippen MR) is 215 cm³/mol. The van der Waals surface area contributed by atoms with Gasteiger partial charge in [-0.05, 0) is 92.1 Å². The molecule has 3 aromatic carbocycles. The first-order chi connectivity index (χ1) is 28.2. The number of nitrogens with zero attached hydrogens (tertiary/aromatic N) is 2. The molecule has 0 aromatic heterocycles. The molecule has 13 nitrogen and oxygen atoms in total. The van der Waals surface area contributed by atoms with E-state index in [-0.39, 0.29) is 18.9 Å². The van der Waals surface area contributed by atoms with Gasteiger partial charge in [0.15, 0.2) is 28.7 Å². The summed E-state index contributed by atoms with van der Waals surface area (Å²) in [6.45, 7) is 6.38. The summed E-state index contributed by atoms with van der Waals surface area (Å²) in [5.41, 5.74) is 1.05. The van der Waals surface area contributed by atoms with E-state index in [1.54, 1.807) is 31.3 Å². The monoisotopic (exact) mass is 807 g/mol. The van der Waals surface area contributed by atoms with Crippen molar-refractivity contribution in [3.63, 3.8) is 0 Å². The average molecular weight is 808 g/mol. The number of fused-ring (bicyclic) bond motifs is 1. The molecule has 3 aromatic rings. The van der Waals surface area contributed by atoms with Crippen LogP contribution in [-0.4, -0.2) is 121 Å². The Morgan fingerprint density at radius 2 is 1.64 bits per heavy atom. The van der Waals surface area contributed by atoms with Gasteiger partial charge in [-0.25, -0.2) is 4.79 Å². The van der Waals surface area contributed by atoms with Crippen LogP contribution in [0.25, 0.3) is 0 Å². The molecule has 3 aliphatic heterocycles. The number of ether oxygens (including phenoxy) is 8. The number of piperidine rings is 1. The molecule has 1 unspecified atom stereocenters. The SMILES string of the molecule is COc1ccc(CC[C@@H](OC(=O)[C@]23CCCCN2C(=O)[C@H](c2cc(OC)c(OCCCF)c(OC)c2)C(C)N3)c2cccc(OCCN3CCOCC3)c2)cc1OC. The highest BCUT2D eigenvalue weighted by Gasteiger charge is 2.56. The van der Waals surface area contributed by atoms with E-state index < -0.39 is 36.4 Å². The largest absolute Gasteiger partial charge is 0.493 e. The number of alkyl halides is 1. The fourth-order valence-corrected chi connectivity index (χ4v) is 8.20. The van der Waals surface area contributed by atoms with Gasteiger partial charge < -0.3 is 42.8 Å². The van der Waals surface area contributed by atoms with E-state index >= 15 is 0 Å². The van der Waals surface area contributed by atoms with Gasteiger partial charge >= 0.3 is 5.97 Å². The minimum absolute atomic E-state index is 0.142. The number of carbonyl (C=O) groups is 2. The maximum atomic E-state index is 14.8. The number of esters is 1. The van der Waals surface area contributed by atoms with E-state index in [0.717, 1.165) is 56.8 Å². The molecule has 3 aliphatic rings. The first-order valence-corrected chi connectivity index (χ1v) is 20.2. The maximum Gasteiger partial charge on any atom is 0.347 e. The zero-order valence-electron chi connectivity index (χ0n) is 34.4. The van der Waals surface area contributed by atoms with E-state index in [4.69, 9.17) is 37.9 Å². The van der Waals surface area contributed by atoms with E-state index in [9.17, 15) is 14.0 Å². The molecule has 14 heteroatoms. The summed E-state index contributed by atoms with van der Waals surface area (Å²) in [7, 11) is 6.21. The first-order valence-electron chi connectivity index (χ1n) is 20.2. The Bertz CT molecular complexity index is 1820. The third kappa shape index (κ3) is 9.73. The minimum atomic E-state index is -1.37. The molecule has 1 N–H and O–H groups in total. The number of rotatable bonds is 19. The molecule has 4 atom stereocenters. The molecule has 6 rings (SSSR count). The number of morpholine rings is 1. The highest BCUT2D eigenvalue weighted by atomic mass is 19.1. The number of aryl methyl sites for hydroxylation is 1. The van der Waals surface area contributed by atoms with Gasteiger partial charge in [0.05, 0.1) is 60.9 Å². The van der Waals surface area contributed by atoms with Crippen molar-refractivity contribution in [3.8, 4) is 34.5 Å². The quantitative estimate of drug-likeness (QED) is 0.115. The number of nitrogens with one attached hydrogen (secondary N) is 1. The van der Waals surface area contributed by atoms with Gasteiger partial charge in [-0.15, -0.1) is 0 Å². The summed E-state index contributed by atoms with van der Waals surface area (Å²) in [6, 6.07) is 16.5. The number of hydrogen-bond acceptors (Lipinski definition) is 12. The van der Waals surface area contributed by atoms with Gasteiger partial charge in [-0.3, -0.25) is 19.4 Å². The van der Waals surface area contributed by atoms with E-state index in [2.05, 4.69) is 10.2 Å². The van der Waals surface area contributed by atoms with Crippen LogP contribution in [-0.2, 0) is 25.5 Å². The smallest absolute Gasteiger partial charge is 0.347 e. The summed E-state index contributed by atoms with van der Waals surface area (Å²) in [5.74, 6) is 1.63. The fraction of sp³-hybridized carbons (Fsp3) is 0.545. The zero-order valence-corrected chi connectivity index (χ0v) is 34.4. The molecular formula is C44H58FN3O10. The van der Waals surface area contributed by atoms with Crippen molar-refractivity contribution >= 4 is 11.9 Å². The molecular weight excluding hydrogens is 749 g/mol. The Morgan fingerprint density at radius 1 is 0.897 bits per heavy atom. The van der Waals surface area contributed by atoms with Crippen LogP contribution in [0.15, 0.2) is 54.6 Å². The van der Waals surface area contributed by atoms with Crippen LogP contribution < -0.4 is 33.7 Å². The first kappa shape index (κ1) is 42.8. The van der Waals surface area contributed by atoms with E-state index in [1.807, 2.05) is 49.4 Å². The highest BCUT2D eigenvalue weighted by molar-refractivity contribution is 5.93. The van der Waals surface area contributed by atoms with Crippen molar-refractivity contribution in [1.29, 1.82) is 0 Å². The van der Waals surface area contributed by atoms with Crippen LogP contribution in [0.5, 0.6) is 34.5 Å². The summed E-state index contributed by atoms with van der Waals surface area (Å²) in [4.78, 5) is 33.5. The van der Waals surface area contributed by atoms with E-state index in [1.165, 1.54) is 14.2 Å². The Balaban J connectivity index is 1.26. The molecule has 3 fully saturated rings. The standard InChI is InChI=1S/C44H58FN3O10/c1-30-40(33-28-38(53-4)41(39(29-33)54-5)57-22-9-17-45)42(49)48-18-7-6-16-44(48,46-30)43(50)58-35(14-12-31-13-15-36(51-2)37(26-31)52-3)32-10-8-11-34(27-32)56-25-21-47-19-23-55-24-20-47/h8,10-11,13,15,26-30,35,40,46H,6-7,9,12,14,16-25H2,1-5H3/t30?,35-,40+,44+/m1/s1. The third-order valence-electron chi connectivity index (χ3n) is 11.2. The van der Waals surface area contributed by atoms with Gasteiger partial charge in [-0.2, -0.15) is 0 Å². The number of benzene rings is 3. The molecule has 58 heavy (non-hydrogen) atoms. The molecule has 3 saturated heterocycles. The van der Waals surface area contributed by atoms with Crippen LogP contribution in [0.4, 0.5) is 4.39 Å². The third-order valence-corrected chi connectivity index (χ3v) is 11.2. The fourth-order valence-electron chi connectivity index (χ4n) is 8.20. The molecule has 0 radical (unpaired) electrons. The lowest BCUT2D eigenvalue weighted by Gasteiger charge is -2.53. The summed E-state index contributed by atoms with van der Waals surface area (Å²) in [6.07, 6.45) is 2.46. The Hall–Kier alpha value is -4.79. The highest BCUT2D eigenvalue weighted by Crippen LogP contribution is 2.45. The number of hydrogen-bond donors (Lipinski definition) is 1. The van der Waals surface area contributed by atoms with Crippen molar-refractivity contribution in [2.24, 2.45) is 0 Å². The Kier molecular flexibility index (Phi) is 15.0. The maximum absolute atomic E-state index is 14.8. The number of methoxy groups -OCH3 is 4. The van der Waals surface area contributed by atoms with Gasteiger partial charge in [0.25, 0.3) is 0 Å². The zero-order chi connectivity index (χ0) is 41.1. The van der Waals surface area contributed by atoms with Crippen LogP contribution in [0.1, 0.15) is 67.7 Å². The normalized spacial score (nSPS) is 21.4. The molecule has 0 aliphatic carbocycles. The van der Waals surface area contributed by atoms with Crippen LogP contribution in [0.3, 0.4) is 0 Å². The lowest BCUT2D eigenvalue weighted by Crippen LogP contribution is -2.74. The van der Waals surface area contributed by atoms with E-state index in [0.29, 0.717) is 72.5 Å². The van der Waals surface area contributed by atoms with Crippen LogP contribution in [0.2, 0.25) is 0 Å². The molecule has 1 amide bonds. The van der Waals surface area contributed by atoms with Gasteiger partial charge in [0, 0.05) is 38.6 Å². The molecule has 3 heterocycles. The summed E-state index contributed by atoms with van der Waals surface area (Å²) >= 11 is 0. The van der Waals surface area contributed by atoms with Crippen LogP contribution >= 0.6 is 0 Å². The Morgan fingerprint density at radius 3 is 2.34 bits per heavy atom. The lowest BCUT2D eigenvalue weighted by atomic mass is 9.81. The van der Waals surface area contributed by atoms with Gasteiger partial charge in [0.2, 0.25) is 11.7 Å². The molecule has 0 spiro atoms. The Labute approximate surface area is 340 Å². The molecule has 0 saturated carbocycles. The minimum Gasteiger partial charge on any atom is -0.493 e. The van der Waals surface area contributed by atoms with Gasteiger partial charge in [-0.1, -0.05) is 18.2 Å². The summed E-state index contributed by atoms with van der Waals surface area (Å²) in [5, 5.41) is 3.58. The summed E-state index contributed by atoms with van der Waals surface area (Å²) < 4.78 is 59.3. The topological polar surface area (TPSA) is 126 Å². The second kappa shape index (κ2) is 20.3.